The minimum absolute atomic E-state index is 0.0166. The zero-order valence-electron chi connectivity index (χ0n) is 12.7. The highest BCUT2D eigenvalue weighted by molar-refractivity contribution is 7.91. The molecular formula is C15H20ClFN2O3S. The molecule has 2 aliphatic heterocycles. The Morgan fingerprint density at radius 2 is 1.83 bits per heavy atom. The van der Waals surface area contributed by atoms with Gasteiger partial charge >= 0.3 is 0 Å². The van der Waals surface area contributed by atoms with Gasteiger partial charge in [0, 0.05) is 43.3 Å². The van der Waals surface area contributed by atoms with Crippen molar-refractivity contribution in [3.8, 4) is 0 Å². The zero-order chi connectivity index (χ0) is 16.6. The molecule has 0 saturated carbocycles. The largest absolute Gasteiger partial charge is 0.395 e. The van der Waals surface area contributed by atoms with Crippen LogP contribution in [0.4, 0.5) is 4.39 Å². The van der Waals surface area contributed by atoms with E-state index in [1.54, 1.807) is 6.07 Å². The Labute approximate surface area is 140 Å². The van der Waals surface area contributed by atoms with Crippen molar-refractivity contribution >= 4 is 21.4 Å². The smallest absolute Gasteiger partial charge is 0.153 e. The molecule has 1 aromatic carbocycles. The monoisotopic (exact) mass is 362 g/mol. The fourth-order valence-electron chi connectivity index (χ4n) is 3.64. The highest BCUT2D eigenvalue weighted by Gasteiger charge is 2.46. The normalized spacial score (nSPS) is 28.0. The molecule has 2 aliphatic rings. The van der Waals surface area contributed by atoms with E-state index in [0.29, 0.717) is 31.2 Å². The van der Waals surface area contributed by atoms with Crippen LogP contribution in [0.3, 0.4) is 0 Å². The van der Waals surface area contributed by atoms with Gasteiger partial charge in [0.15, 0.2) is 9.84 Å². The third-order valence-electron chi connectivity index (χ3n) is 4.60. The number of aliphatic hydroxyl groups excluding tert-OH is 1. The fourth-order valence-corrected chi connectivity index (χ4v) is 5.92. The fraction of sp³-hybridized carbons (Fsp3) is 0.600. The molecule has 23 heavy (non-hydrogen) atoms. The van der Waals surface area contributed by atoms with E-state index in [1.807, 2.05) is 4.90 Å². The van der Waals surface area contributed by atoms with Crippen molar-refractivity contribution in [3.05, 3.63) is 34.6 Å². The summed E-state index contributed by atoms with van der Waals surface area (Å²) in [7, 11) is -3.09. The van der Waals surface area contributed by atoms with Gasteiger partial charge in [-0.15, -0.1) is 0 Å². The van der Waals surface area contributed by atoms with Crippen LogP contribution in [0.5, 0.6) is 0 Å². The van der Waals surface area contributed by atoms with Gasteiger partial charge in [-0.3, -0.25) is 9.80 Å². The molecule has 0 unspecified atom stereocenters. The van der Waals surface area contributed by atoms with E-state index in [1.165, 1.54) is 12.1 Å². The van der Waals surface area contributed by atoms with E-state index in [9.17, 15) is 12.8 Å². The van der Waals surface area contributed by atoms with Gasteiger partial charge in [-0.2, -0.15) is 0 Å². The van der Waals surface area contributed by atoms with E-state index in [2.05, 4.69) is 4.90 Å². The lowest BCUT2D eigenvalue weighted by Gasteiger charge is -2.43. The summed E-state index contributed by atoms with van der Waals surface area (Å²) in [5, 5.41) is 9.51. The van der Waals surface area contributed by atoms with E-state index in [-0.39, 0.29) is 36.0 Å². The van der Waals surface area contributed by atoms with Gasteiger partial charge in [0.25, 0.3) is 0 Å². The molecule has 2 saturated heterocycles. The second-order valence-electron chi connectivity index (χ2n) is 6.22. The van der Waals surface area contributed by atoms with Crippen LogP contribution in [0.1, 0.15) is 5.56 Å². The summed E-state index contributed by atoms with van der Waals surface area (Å²) in [6.45, 7) is 2.35. The number of fused-ring (bicyclic) bond motifs is 1. The lowest BCUT2D eigenvalue weighted by molar-refractivity contribution is 0.0307. The van der Waals surface area contributed by atoms with E-state index in [0.717, 1.165) is 5.56 Å². The van der Waals surface area contributed by atoms with Crippen molar-refractivity contribution < 1.29 is 17.9 Å². The minimum Gasteiger partial charge on any atom is -0.395 e. The second kappa shape index (κ2) is 6.64. The lowest BCUT2D eigenvalue weighted by atomic mass is 10.0. The first kappa shape index (κ1) is 17.1. The maximum Gasteiger partial charge on any atom is 0.153 e. The zero-order valence-corrected chi connectivity index (χ0v) is 14.2. The number of nitrogens with zero attached hydrogens (tertiary/aromatic N) is 2. The molecule has 0 aliphatic carbocycles. The number of β-amino-alcohol motifs (C(OH)–C–C–N with tert-alkyl or cyclic N) is 1. The first-order chi connectivity index (χ1) is 10.9. The van der Waals surface area contributed by atoms with Gasteiger partial charge in [-0.1, -0.05) is 11.6 Å². The van der Waals surface area contributed by atoms with Gasteiger partial charge in [-0.05, 0) is 23.8 Å². The number of halogens is 2. The summed E-state index contributed by atoms with van der Waals surface area (Å²) in [5.41, 5.74) is 0.744. The number of hydrogen-bond acceptors (Lipinski definition) is 5. The maximum atomic E-state index is 13.5. The van der Waals surface area contributed by atoms with Crippen LogP contribution >= 0.6 is 11.6 Å². The number of hydrogen-bond donors (Lipinski definition) is 1. The predicted octanol–water partition coefficient (Wildman–Crippen LogP) is 0.755. The molecule has 0 amide bonds. The Kier molecular flexibility index (Phi) is 4.94. The Hall–Kier alpha value is -0.730. The van der Waals surface area contributed by atoms with Gasteiger partial charge < -0.3 is 5.11 Å². The van der Waals surface area contributed by atoms with Crippen molar-refractivity contribution in [1.82, 2.24) is 9.80 Å². The third kappa shape index (κ3) is 3.85. The quantitative estimate of drug-likeness (QED) is 0.856. The molecule has 2 atom stereocenters. The van der Waals surface area contributed by atoms with Crippen molar-refractivity contribution in [2.75, 3.05) is 37.7 Å². The minimum atomic E-state index is -3.09. The summed E-state index contributed by atoms with van der Waals surface area (Å²) in [6.07, 6.45) is 0. The summed E-state index contributed by atoms with van der Waals surface area (Å²) < 4.78 is 37.6. The molecule has 2 heterocycles. The molecular weight excluding hydrogens is 343 g/mol. The Bertz CT molecular complexity index is 665. The van der Waals surface area contributed by atoms with Crippen LogP contribution in [0.15, 0.2) is 18.2 Å². The Morgan fingerprint density at radius 3 is 2.48 bits per heavy atom. The van der Waals surface area contributed by atoms with Crippen LogP contribution < -0.4 is 0 Å². The molecule has 1 aromatic rings. The molecule has 0 aromatic heterocycles. The SMILES string of the molecule is O=S1(=O)C[C@@H]2[C@H](C1)N(CCO)CCN2Cc1cc(F)cc(Cl)c1. The van der Waals surface area contributed by atoms with Gasteiger partial charge in [0.05, 0.1) is 18.1 Å². The highest BCUT2D eigenvalue weighted by atomic mass is 35.5. The van der Waals surface area contributed by atoms with Crippen molar-refractivity contribution in [2.24, 2.45) is 0 Å². The van der Waals surface area contributed by atoms with E-state index >= 15 is 0 Å². The number of piperazine rings is 1. The van der Waals surface area contributed by atoms with Crippen LogP contribution in [0, 0.1) is 5.82 Å². The summed E-state index contributed by atoms with van der Waals surface area (Å²) >= 11 is 5.90. The van der Waals surface area contributed by atoms with Crippen LogP contribution in [0.2, 0.25) is 5.02 Å². The first-order valence-electron chi connectivity index (χ1n) is 7.62. The molecule has 2 fully saturated rings. The first-order valence-corrected chi connectivity index (χ1v) is 9.82. The van der Waals surface area contributed by atoms with Crippen molar-refractivity contribution in [2.45, 2.75) is 18.6 Å². The number of sulfone groups is 1. The second-order valence-corrected chi connectivity index (χ2v) is 8.81. The van der Waals surface area contributed by atoms with E-state index < -0.39 is 9.84 Å². The van der Waals surface area contributed by atoms with Crippen molar-refractivity contribution in [1.29, 1.82) is 0 Å². The van der Waals surface area contributed by atoms with Gasteiger partial charge in [-0.25, -0.2) is 12.8 Å². The average Bonchev–Trinajstić information content (AvgIpc) is 2.76. The summed E-state index contributed by atoms with van der Waals surface area (Å²) in [5.74, 6) is -0.150. The number of benzene rings is 1. The third-order valence-corrected chi connectivity index (χ3v) is 6.52. The molecule has 8 heteroatoms. The Balaban J connectivity index is 1.80. The number of rotatable bonds is 4. The highest BCUT2D eigenvalue weighted by Crippen LogP contribution is 2.28. The average molecular weight is 363 g/mol. The van der Waals surface area contributed by atoms with Gasteiger partial charge in [0.2, 0.25) is 0 Å². The van der Waals surface area contributed by atoms with Crippen LogP contribution in [-0.2, 0) is 16.4 Å². The summed E-state index contributed by atoms with van der Waals surface area (Å²) in [6, 6.07) is 4.17. The molecule has 5 nitrogen and oxygen atoms in total. The van der Waals surface area contributed by atoms with Gasteiger partial charge in [0.1, 0.15) is 5.82 Å². The number of aliphatic hydroxyl groups is 1. The van der Waals surface area contributed by atoms with Crippen LogP contribution in [-0.4, -0.2) is 73.2 Å². The Morgan fingerprint density at radius 1 is 1.17 bits per heavy atom. The molecule has 3 rings (SSSR count). The molecule has 0 radical (unpaired) electrons. The topological polar surface area (TPSA) is 60.9 Å². The molecule has 128 valence electrons. The molecule has 0 bridgehead atoms. The predicted molar refractivity (Wildman–Crippen MR) is 86.7 cm³/mol. The molecule has 0 spiro atoms. The maximum absolute atomic E-state index is 13.5. The standard InChI is InChI=1S/C15H20ClFN2O3S/c16-12-5-11(6-13(17)7-12)8-19-2-1-18(3-4-20)14-9-23(21,22)10-15(14)19/h5-7,14-15,20H,1-4,8-10H2/t14-,15+/m0/s1. The van der Waals surface area contributed by atoms with Crippen LogP contribution in [0.25, 0.3) is 0 Å². The van der Waals surface area contributed by atoms with Crippen molar-refractivity contribution in [3.63, 3.8) is 0 Å². The molecule has 1 N–H and O–H groups in total. The lowest BCUT2D eigenvalue weighted by Crippen LogP contribution is -2.59. The summed E-state index contributed by atoms with van der Waals surface area (Å²) in [4.78, 5) is 4.14. The van der Waals surface area contributed by atoms with E-state index in [4.69, 9.17) is 16.7 Å².